The molecule has 0 aromatic heterocycles. The molecule has 0 spiro atoms. The molecule has 0 radical (unpaired) electrons. The van der Waals surface area contributed by atoms with Gasteiger partial charge in [-0.1, -0.05) is 103 Å². The second kappa shape index (κ2) is 16.0. The number of amides is 5. The highest BCUT2D eigenvalue weighted by Gasteiger charge is 2.51. The lowest BCUT2D eigenvalue weighted by atomic mass is 9.76. The van der Waals surface area contributed by atoms with Crippen LogP contribution in [0.5, 0.6) is 11.5 Å². The number of halogens is 1. The second-order valence-electron chi connectivity index (χ2n) is 15.1. The minimum absolute atomic E-state index is 0.0000173. The van der Waals surface area contributed by atoms with Crippen LogP contribution in [0.2, 0.25) is 5.02 Å². The molecule has 3 N–H and O–H groups in total. The number of carbonyl (C=O) groups excluding carboxylic acids is 5. The molecule has 53 heavy (non-hydrogen) atoms. The molecular formula is C41H51ClN4O7. The normalized spacial score (nSPS) is 15.3. The molecule has 1 aliphatic heterocycles. The van der Waals surface area contributed by atoms with E-state index < -0.39 is 47.2 Å². The minimum atomic E-state index is -1.86. The fraction of sp³-hybridized carbons (Fsp3) is 0.439. The predicted octanol–water partition coefficient (Wildman–Crippen LogP) is 8.04. The summed E-state index contributed by atoms with van der Waals surface area (Å²) in [6.07, 6.45) is 1.25. The summed E-state index contributed by atoms with van der Waals surface area (Å²) < 4.78 is 12.0. The largest absolute Gasteiger partial charge is 0.495 e. The number of ketones is 1. The average Bonchev–Trinajstić information content (AvgIpc) is 3.33. The number of carbonyl (C=O) groups is 5. The third kappa shape index (κ3) is 8.67. The number of benzene rings is 3. The molecule has 12 heteroatoms. The molecule has 3 aromatic carbocycles. The fourth-order valence-electron chi connectivity index (χ4n) is 5.91. The molecule has 0 saturated carbocycles. The first-order chi connectivity index (χ1) is 24.8. The smallest absolute Gasteiger partial charge is 0.326 e. The zero-order valence-corrected chi connectivity index (χ0v) is 33.0. The predicted molar refractivity (Wildman–Crippen MR) is 207 cm³/mol. The maximum Gasteiger partial charge on any atom is 0.326 e. The van der Waals surface area contributed by atoms with Gasteiger partial charge in [-0.15, -0.1) is 0 Å². The first-order valence-corrected chi connectivity index (χ1v) is 18.3. The number of anilines is 2. The van der Waals surface area contributed by atoms with Crippen LogP contribution in [0, 0.1) is 0 Å². The molecule has 1 saturated heterocycles. The Balaban J connectivity index is 1.66. The summed E-state index contributed by atoms with van der Waals surface area (Å²) in [4.78, 5) is 68.5. The first kappa shape index (κ1) is 40.9. The first-order valence-electron chi connectivity index (χ1n) is 17.9. The Morgan fingerprint density at radius 1 is 0.849 bits per heavy atom. The Morgan fingerprint density at radius 2 is 1.47 bits per heavy atom. The Bertz CT molecular complexity index is 1890. The molecule has 11 nitrogen and oxygen atoms in total. The summed E-state index contributed by atoms with van der Waals surface area (Å²) in [6.45, 7) is 17.8. The van der Waals surface area contributed by atoms with Gasteiger partial charge in [-0.25, -0.2) is 9.69 Å². The summed E-state index contributed by atoms with van der Waals surface area (Å²) >= 11 is 6.57. The highest BCUT2D eigenvalue weighted by Crippen LogP contribution is 2.40. The van der Waals surface area contributed by atoms with E-state index in [2.05, 4.69) is 63.6 Å². The van der Waals surface area contributed by atoms with Crippen molar-refractivity contribution in [2.45, 2.75) is 110 Å². The van der Waals surface area contributed by atoms with Crippen molar-refractivity contribution in [3.8, 4) is 11.5 Å². The molecule has 4 rings (SSSR count). The summed E-state index contributed by atoms with van der Waals surface area (Å²) in [5.74, 6) is -2.17. The summed E-state index contributed by atoms with van der Waals surface area (Å²) in [5, 5.41) is 7.99. The number of imide groups is 1. The van der Waals surface area contributed by atoms with Crippen molar-refractivity contribution >= 4 is 52.5 Å². The zero-order valence-electron chi connectivity index (χ0n) is 32.2. The third-order valence-corrected chi connectivity index (χ3v) is 10.5. The Morgan fingerprint density at radius 3 is 2.02 bits per heavy atom. The van der Waals surface area contributed by atoms with Crippen LogP contribution in [-0.2, 0) is 25.2 Å². The van der Waals surface area contributed by atoms with Crippen molar-refractivity contribution in [3.05, 3.63) is 82.4 Å². The molecule has 0 aliphatic carbocycles. The van der Waals surface area contributed by atoms with E-state index in [1.807, 2.05) is 19.1 Å². The zero-order chi connectivity index (χ0) is 39.5. The van der Waals surface area contributed by atoms with Gasteiger partial charge < -0.3 is 25.4 Å². The number of nitrogens with one attached hydrogen (secondary N) is 3. The molecular weight excluding hydrogens is 696 g/mol. The summed E-state index contributed by atoms with van der Waals surface area (Å²) in [7, 11) is 1.40. The highest BCUT2D eigenvalue weighted by atomic mass is 35.5. The van der Waals surface area contributed by atoms with Crippen LogP contribution < -0.4 is 25.4 Å². The number of urea groups is 1. The Labute approximate surface area is 317 Å². The van der Waals surface area contributed by atoms with E-state index >= 15 is 0 Å². The number of hydrogen-bond acceptors (Lipinski definition) is 7. The minimum Gasteiger partial charge on any atom is -0.495 e. The molecule has 3 aromatic rings. The Hall–Kier alpha value is -4.90. The maximum absolute atomic E-state index is 14.0. The van der Waals surface area contributed by atoms with Gasteiger partial charge in [0.25, 0.3) is 17.7 Å². The van der Waals surface area contributed by atoms with E-state index in [1.165, 1.54) is 50.8 Å². The lowest BCUT2D eigenvalue weighted by molar-refractivity contribution is -0.134. The standard InChI is InChI=1S/C41H51ClN4O7/c1-11-30(53-31-20-19-25(39(4,5)12-2)21-26(31)40(6,7)13-3)35(48)44-29-23-28(27(42)22-32(29)52-10)43-36(49)33(34(47)24-17-15-14-16-18-24)46-37(50)41(8,9)45-38(46)51/h14-23,30,33H,11-13H2,1-10H3,(H,43,49)(H,44,48)(H,45,51). The maximum atomic E-state index is 14.0. The molecule has 1 fully saturated rings. The quantitative estimate of drug-likeness (QED) is 0.0812. The van der Waals surface area contributed by atoms with Crippen LogP contribution in [0.4, 0.5) is 16.2 Å². The Kier molecular flexibility index (Phi) is 12.3. The van der Waals surface area contributed by atoms with Crippen LogP contribution in [0.3, 0.4) is 0 Å². The molecule has 5 amide bonds. The number of nitrogens with zero attached hydrogens (tertiary/aromatic N) is 1. The van der Waals surface area contributed by atoms with Gasteiger partial charge in [-0.2, -0.15) is 0 Å². The second-order valence-corrected chi connectivity index (χ2v) is 15.5. The SMILES string of the molecule is CCC(Oc1ccc(C(C)(C)CC)cc1C(C)(C)CC)C(=O)Nc1cc(NC(=O)C(C(=O)c2ccccc2)N2C(=O)NC(C)(C)C2=O)c(Cl)cc1OC. The van der Waals surface area contributed by atoms with Gasteiger partial charge in [-0.3, -0.25) is 19.2 Å². The third-order valence-electron chi connectivity index (χ3n) is 10.2. The van der Waals surface area contributed by atoms with E-state index in [0.717, 1.165) is 18.4 Å². The molecule has 2 unspecified atom stereocenters. The highest BCUT2D eigenvalue weighted by molar-refractivity contribution is 6.34. The molecule has 1 heterocycles. The van der Waals surface area contributed by atoms with Crippen molar-refractivity contribution in [1.29, 1.82) is 0 Å². The van der Waals surface area contributed by atoms with Gasteiger partial charge in [0.1, 0.15) is 17.0 Å². The van der Waals surface area contributed by atoms with E-state index in [4.69, 9.17) is 21.1 Å². The van der Waals surface area contributed by atoms with Gasteiger partial charge in [0, 0.05) is 17.2 Å². The number of methoxy groups -OCH3 is 1. The van der Waals surface area contributed by atoms with Crippen LogP contribution in [-0.4, -0.2) is 59.2 Å². The fourth-order valence-corrected chi connectivity index (χ4v) is 6.11. The van der Waals surface area contributed by atoms with Crippen LogP contribution in [0.1, 0.15) is 103 Å². The van der Waals surface area contributed by atoms with E-state index in [-0.39, 0.29) is 38.5 Å². The molecule has 0 bridgehead atoms. The van der Waals surface area contributed by atoms with Gasteiger partial charge in [0.2, 0.25) is 0 Å². The molecule has 2 atom stereocenters. The average molecular weight is 747 g/mol. The van der Waals surface area contributed by atoms with Crippen molar-refractivity contribution in [3.63, 3.8) is 0 Å². The van der Waals surface area contributed by atoms with Gasteiger partial charge in [0.15, 0.2) is 17.9 Å². The summed E-state index contributed by atoms with van der Waals surface area (Å²) in [5.41, 5.74) is 0.855. The van der Waals surface area contributed by atoms with Crippen molar-refractivity contribution in [2.75, 3.05) is 17.7 Å². The summed E-state index contributed by atoms with van der Waals surface area (Å²) in [6, 6.07) is 14.1. The topological polar surface area (TPSA) is 143 Å². The van der Waals surface area contributed by atoms with Gasteiger partial charge in [0.05, 0.1) is 23.5 Å². The van der Waals surface area contributed by atoms with E-state index in [1.54, 1.807) is 18.2 Å². The van der Waals surface area contributed by atoms with Crippen molar-refractivity contribution in [1.82, 2.24) is 10.2 Å². The van der Waals surface area contributed by atoms with Crippen molar-refractivity contribution in [2.24, 2.45) is 0 Å². The van der Waals surface area contributed by atoms with Crippen molar-refractivity contribution < 1.29 is 33.4 Å². The number of rotatable bonds is 15. The van der Waals surface area contributed by atoms with Gasteiger partial charge >= 0.3 is 6.03 Å². The van der Waals surface area contributed by atoms with Gasteiger partial charge in [-0.05, 0) is 61.6 Å². The lowest BCUT2D eigenvalue weighted by Crippen LogP contribution is -2.53. The number of Topliss-reactive ketones (excluding diaryl/α,β-unsaturated/α-hetero) is 1. The van der Waals surface area contributed by atoms with E-state index in [9.17, 15) is 24.0 Å². The number of hydrogen-bond donors (Lipinski definition) is 3. The van der Waals surface area contributed by atoms with E-state index in [0.29, 0.717) is 17.1 Å². The molecule has 284 valence electrons. The van der Waals surface area contributed by atoms with Crippen LogP contribution in [0.15, 0.2) is 60.7 Å². The monoisotopic (exact) mass is 746 g/mol. The van der Waals surface area contributed by atoms with Crippen LogP contribution >= 0.6 is 11.6 Å². The number of ether oxygens (including phenoxy) is 2. The van der Waals surface area contributed by atoms with Crippen LogP contribution in [0.25, 0.3) is 0 Å². The lowest BCUT2D eigenvalue weighted by Gasteiger charge is -2.31. The molecule has 1 aliphatic rings.